The topological polar surface area (TPSA) is 17.8 Å². The Morgan fingerprint density at radius 1 is 1.47 bits per heavy atom. The number of benzene rings is 1. The number of aromatic nitrogens is 2. The Labute approximate surface area is 92.3 Å². The molecule has 78 valence electrons. The predicted octanol–water partition coefficient (Wildman–Crippen LogP) is 3.06. The maximum atomic E-state index is 13.7. The van der Waals surface area contributed by atoms with Crippen LogP contribution in [-0.4, -0.2) is 9.55 Å². The van der Waals surface area contributed by atoms with Crippen LogP contribution in [0.1, 0.15) is 11.4 Å². The molecule has 1 aromatic heterocycles. The van der Waals surface area contributed by atoms with E-state index in [9.17, 15) is 4.39 Å². The zero-order chi connectivity index (χ0) is 10.8. The third-order valence-electron chi connectivity index (χ3n) is 2.28. The molecule has 1 aromatic carbocycles. The summed E-state index contributed by atoms with van der Waals surface area (Å²) in [6.07, 6.45) is 3.36. The Kier molecular flexibility index (Phi) is 2.73. The van der Waals surface area contributed by atoms with Crippen LogP contribution in [0.2, 0.25) is 0 Å². The van der Waals surface area contributed by atoms with Gasteiger partial charge in [-0.3, -0.25) is 0 Å². The molecule has 0 saturated carbocycles. The largest absolute Gasteiger partial charge is 0.301 e. The van der Waals surface area contributed by atoms with Gasteiger partial charge in [-0.2, -0.15) is 0 Å². The molecule has 2 aromatic rings. The number of aryl methyl sites for hydroxylation is 1. The number of imidazole rings is 1. The predicted molar refractivity (Wildman–Crippen MR) is 57.8 cm³/mol. The van der Waals surface area contributed by atoms with E-state index < -0.39 is 0 Å². The second-order valence-corrected chi connectivity index (χ2v) is 3.49. The maximum absolute atomic E-state index is 13.7. The van der Waals surface area contributed by atoms with E-state index in [-0.39, 0.29) is 11.7 Å². The number of nitrogens with zero attached hydrogens (tertiary/aromatic N) is 2. The molecule has 0 atom stereocenters. The van der Waals surface area contributed by atoms with Crippen LogP contribution in [0.15, 0.2) is 30.6 Å². The first kappa shape index (κ1) is 10.2. The number of alkyl halides is 1. The number of para-hydroxylation sites is 1. The Morgan fingerprint density at radius 2 is 2.27 bits per heavy atom. The lowest BCUT2D eigenvalue weighted by Gasteiger charge is -2.10. The number of hydrogen-bond donors (Lipinski definition) is 0. The first-order valence-electron chi connectivity index (χ1n) is 4.57. The van der Waals surface area contributed by atoms with Crippen LogP contribution in [0.5, 0.6) is 0 Å². The summed E-state index contributed by atoms with van der Waals surface area (Å²) in [7, 11) is 0. The fraction of sp³-hybridized carbons (Fsp3) is 0.182. The summed E-state index contributed by atoms with van der Waals surface area (Å²) >= 11 is 5.77. The maximum Gasteiger partial charge on any atom is 0.147 e. The highest BCUT2D eigenvalue weighted by atomic mass is 35.5. The zero-order valence-corrected chi connectivity index (χ0v) is 9.00. The normalized spacial score (nSPS) is 10.6. The van der Waals surface area contributed by atoms with Gasteiger partial charge in [0, 0.05) is 18.3 Å². The fourth-order valence-electron chi connectivity index (χ4n) is 1.55. The number of halogens is 2. The smallest absolute Gasteiger partial charge is 0.147 e. The van der Waals surface area contributed by atoms with Gasteiger partial charge >= 0.3 is 0 Å². The molecule has 1 heterocycles. The Balaban J connectivity index is 2.66. The van der Waals surface area contributed by atoms with E-state index >= 15 is 0 Å². The molecule has 0 saturated heterocycles. The van der Waals surface area contributed by atoms with E-state index in [0.29, 0.717) is 5.69 Å². The molecule has 0 bridgehead atoms. The average Bonchev–Trinajstić information content (AvgIpc) is 2.64. The van der Waals surface area contributed by atoms with Crippen LogP contribution >= 0.6 is 11.6 Å². The van der Waals surface area contributed by atoms with Crippen molar-refractivity contribution in [2.75, 3.05) is 0 Å². The SMILES string of the molecule is Cc1nccn1-c1c(F)cccc1CCl. The third-order valence-corrected chi connectivity index (χ3v) is 2.57. The average molecular weight is 225 g/mol. The van der Waals surface area contributed by atoms with Gasteiger partial charge in [-0.15, -0.1) is 11.6 Å². The lowest BCUT2D eigenvalue weighted by Crippen LogP contribution is -2.02. The lowest BCUT2D eigenvalue weighted by molar-refractivity contribution is 0.614. The Bertz CT molecular complexity index is 479. The van der Waals surface area contributed by atoms with Gasteiger partial charge < -0.3 is 4.57 Å². The van der Waals surface area contributed by atoms with Crippen molar-refractivity contribution in [3.05, 3.63) is 47.8 Å². The van der Waals surface area contributed by atoms with Crippen LogP contribution in [0.25, 0.3) is 5.69 Å². The molecule has 0 N–H and O–H groups in total. The molecule has 0 fully saturated rings. The van der Waals surface area contributed by atoms with Gasteiger partial charge in [-0.25, -0.2) is 9.37 Å². The molecule has 0 radical (unpaired) electrons. The quantitative estimate of drug-likeness (QED) is 0.717. The van der Waals surface area contributed by atoms with Gasteiger partial charge in [-0.05, 0) is 18.6 Å². The summed E-state index contributed by atoms with van der Waals surface area (Å²) in [6.45, 7) is 1.82. The minimum atomic E-state index is -0.283. The molecule has 2 nitrogen and oxygen atoms in total. The van der Waals surface area contributed by atoms with Gasteiger partial charge in [0.15, 0.2) is 0 Å². The highest BCUT2D eigenvalue weighted by molar-refractivity contribution is 6.17. The first-order chi connectivity index (χ1) is 7.24. The van der Waals surface area contributed by atoms with Gasteiger partial charge in [-0.1, -0.05) is 12.1 Å². The van der Waals surface area contributed by atoms with Crippen molar-refractivity contribution < 1.29 is 4.39 Å². The molecule has 0 unspecified atom stereocenters. The van der Waals surface area contributed by atoms with E-state index in [1.54, 1.807) is 23.0 Å². The second-order valence-electron chi connectivity index (χ2n) is 3.23. The molecule has 0 aliphatic heterocycles. The molecule has 0 aliphatic rings. The second kappa shape index (κ2) is 4.03. The van der Waals surface area contributed by atoms with Gasteiger partial charge in [0.2, 0.25) is 0 Å². The molecule has 0 aliphatic carbocycles. The van der Waals surface area contributed by atoms with E-state index in [4.69, 9.17) is 11.6 Å². The summed E-state index contributed by atoms with van der Waals surface area (Å²) in [5, 5.41) is 0. The van der Waals surface area contributed by atoms with Crippen LogP contribution < -0.4 is 0 Å². The number of hydrogen-bond acceptors (Lipinski definition) is 1. The third kappa shape index (κ3) is 1.75. The molecular weight excluding hydrogens is 215 g/mol. The van der Waals surface area contributed by atoms with Crippen LogP contribution in [-0.2, 0) is 5.88 Å². The van der Waals surface area contributed by atoms with Crippen LogP contribution in [0.3, 0.4) is 0 Å². The summed E-state index contributed by atoms with van der Waals surface area (Å²) in [4.78, 5) is 4.06. The van der Waals surface area contributed by atoms with E-state index in [1.165, 1.54) is 6.07 Å². The molecule has 2 rings (SSSR count). The van der Waals surface area contributed by atoms with Gasteiger partial charge in [0.25, 0.3) is 0 Å². The summed E-state index contributed by atoms with van der Waals surface area (Å²) in [6, 6.07) is 4.89. The van der Waals surface area contributed by atoms with Gasteiger partial charge in [0.05, 0.1) is 5.69 Å². The van der Waals surface area contributed by atoms with Crippen molar-refractivity contribution in [3.8, 4) is 5.69 Å². The molecule has 4 heteroatoms. The van der Waals surface area contributed by atoms with Gasteiger partial charge in [0.1, 0.15) is 11.6 Å². The molecule has 0 spiro atoms. The summed E-state index contributed by atoms with van der Waals surface area (Å²) in [5.74, 6) is 0.741. The lowest BCUT2D eigenvalue weighted by atomic mass is 10.2. The first-order valence-corrected chi connectivity index (χ1v) is 5.11. The van der Waals surface area contributed by atoms with E-state index in [0.717, 1.165) is 11.4 Å². The van der Waals surface area contributed by atoms with Crippen molar-refractivity contribution in [2.24, 2.45) is 0 Å². The Hall–Kier alpha value is -1.35. The van der Waals surface area contributed by atoms with E-state index in [2.05, 4.69) is 4.98 Å². The molecule has 0 amide bonds. The zero-order valence-electron chi connectivity index (χ0n) is 8.24. The van der Waals surface area contributed by atoms with Crippen molar-refractivity contribution in [2.45, 2.75) is 12.8 Å². The number of rotatable bonds is 2. The molecule has 15 heavy (non-hydrogen) atoms. The minimum absolute atomic E-state index is 0.282. The van der Waals surface area contributed by atoms with Crippen molar-refractivity contribution in [1.29, 1.82) is 0 Å². The highest BCUT2D eigenvalue weighted by Crippen LogP contribution is 2.21. The summed E-state index contributed by atoms with van der Waals surface area (Å²) < 4.78 is 15.4. The Morgan fingerprint density at radius 3 is 2.87 bits per heavy atom. The standard InChI is InChI=1S/C11H10ClFN2/c1-8-14-5-6-15(8)11-9(7-12)3-2-4-10(11)13/h2-6H,7H2,1H3. The summed E-state index contributed by atoms with van der Waals surface area (Å²) in [5.41, 5.74) is 1.25. The van der Waals surface area contributed by atoms with Crippen molar-refractivity contribution in [1.82, 2.24) is 9.55 Å². The fourth-order valence-corrected chi connectivity index (χ4v) is 1.77. The highest BCUT2D eigenvalue weighted by Gasteiger charge is 2.11. The van der Waals surface area contributed by atoms with E-state index in [1.807, 2.05) is 13.0 Å². The van der Waals surface area contributed by atoms with Crippen LogP contribution in [0.4, 0.5) is 4.39 Å². The minimum Gasteiger partial charge on any atom is -0.301 e. The molecular formula is C11H10ClFN2. The monoisotopic (exact) mass is 224 g/mol. The van der Waals surface area contributed by atoms with Crippen LogP contribution in [0, 0.1) is 12.7 Å². The van der Waals surface area contributed by atoms with Crippen molar-refractivity contribution in [3.63, 3.8) is 0 Å². The van der Waals surface area contributed by atoms with Crippen molar-refractivity contribution >= 4 is 11.6 Å².